The fourth-order valence-electron chi connectivity index (χ4n) is 2.36. The number of nitro groups is 1. The first-order valence-corrected chi connectivity index (χ1v) is 6.61. The molecule has 0 radical (unpaired) electrons. The Balaban J connectivity index is 2.09. The van der Waals surface area contributed by atoms with Crippen LogP contribution in [0.25, 0.3) is 11.6 Å². The van der Waals surface area contributed by atoms with Gasteiger partial charge in [-0.3, -0.25) is 14.9 Å². The molecule has 0 atom stereocenters. The van der Waals surface area contributed by atoms with Gasteiger partial charge < -0.3 is 10.4 Å². The van der Waals surface area contributed by atoms with E-state index in [1.54, 1.807) is 12.1 Å². The first-order valence-electron chi connectivity index (χ1n) is 6.61. The fraction of sp³-hybridized carbons (Fsp3) is 0. The number of carbonyl (C=O) groups excluding carboxylic acids is 1. The van der Waals surface area contributed by atoms with Crippen molar-refractivity contribution in [2.24, 2.45) is 0 Å². The maximum absolute atomic E-state index is 12.1. The number of fused-ring (bicyclic) bond motifs is 1. The molecule has 114 valence electrons. The zero-order chi connectivity index (χ0) is 16.6. The van der Waals surface area contributed by atoms with E-state index in [4.69, 9.17) is 5.11 Å². The van der Waals surface area contributed by atoms with Gasteiger partial charge in [0.25, 0.3) is 11.6 Å². The molecule has 0 bridgehead atoms. The van der Waals surface area contributed by atoms with Crippen LogP contribution < -0.4 is 5.32 Å². The number of carboxylic acids is 1. The van der Waals surface area contributed by atoms with Crippen molar-refractivity contribution < 1.29 is 19.6 Å². The zero-order valence-corrected chi connectivity index (χ0v) is 11.6. The van der Waals surface area contributed by atoms with Gasteiger partial charge in [-0.2, -0.15) is 0 Å². The van der Waals surface area contributed by atoms with Crippen LogP contribution in [0.2, 0.25) is 0 Å². The molecule has 23 heavy (non-hydrogen) atoms. The molecule has 3 rings (SSSR count). The predicted molar refractivity (Wildman–Crippen MR) is 83.0 cm³/mol. The molecule has 1 aliphatic rings. The zero-order valence-electron chi connectivity index (χ0n) is 11.6. The average molecular weight is 310 g/mol. The van der Waals surface area contributed by atoms with Crippen LogP contribution >= 0.6 is 0 Å². The number of hydrogen-bond acceptors (Lipinski definition) is 4. The number of nitrogens with one attached hydrogen (secondary N) is 1. The molecule has 0 aliphatic carbocycles. The van der Waals surface area contributed by atoms with E-state index in [-0.39, 0.29) is 22.7 Å². The lowest BCUT2D eigenvalue weighted by atomic mass is 10.0. The Hall–Kier alpha value is -3.48. The Kier molecular flexibility index (Phi) is 3.38. The third-order valence-corrected chi connectivity index (χ3v) is 3.44. The number of hydrogen-bond donors (Lipinski definition) is 2. The van der Waals surface area contributed by atoms with Crippen LogP contribution in [-0.4, -0.2) is 21.9 Å². The highest BCUT2D eigenvalue weighted by atomic mass is 16.6. The number of carbonyl (C=O) groups is 2. The van der Waals surface area contributed by atoms with Gasteiger partial charge in [0, 0.05) is 29.0 Å². The number of rotatable bonds is 3. The molecule has 2 aromatic rings. The predicted octanol–water partition coefficient (Wildman–Crippen LogP) is 2.79. The summed E-state index contributed by atoms with van der Waals surface area (Å²) in [6.45, 7) is 0. The molecule has 1 heterocycles. The van der Waals surface area contributed by atoms with Crippen molar-refractivity contribution in [3.05, 3.63) is 69.3 Å². The molecule has 2 aromatic carbocycles. The Morgan fingerprint density at radius 1 is 1.22 bits per heavy atom. The first kappa shape index (κ1) is 14.5. The van der Waals surface area contributed by atoms with Gasteiger partial charge in [-0.15, -0.1) is 0 Å². The number of carboxylic acid groups (broad SMARTS) is 1. The maximum atomic E-state index is 12.1. The van der Waals surface area contributed by atoms with E-state index in [0.29, 0.717) is 16.8 Å². The lowest BCUT2D eigenvalue weighted by molar-refractivity contribution is -0.384. The van der Waals surface area contributed by atoms with Crippen molar-refractivity contribution in [1.82, 2.24) is 0 Å². The summed E-state index contributed by atoms with van der Waals surface area (Å²) in [5, 5.41) is 22.5. The molecule has 7 nitrogen and oxygen atoms in total. The van der Waals surface area contributed by atoms with E-state index in [1.807, 2.05) is 0 Å². The molecule has 0 aromatic heterocycles. The number of non-ortho nitro benzene ring substituents is 1. The van der Waals surface area contributed by atoms with Crippen molar-refractivity contribution in [2.45, 2.75) is 0 Å². The smallest absolute Gasteiger partial charge is 0.335 e. The molecule has 1 amide bonds. The largest absolute Gasteiger partial charge is 0.478 e. The molecule has 2 N–H and O–H groups in total. The summed E-state index contributed by atoms with van der Waals surface area (Å²) >= 11 is 0. The Bertz CT molecular complexity index is 886. The molecule has 0 unspecified atom stereocenters. The van der Waals surface area contributed by atoms with Crippen molar-refractivity contribution in [1.29, 1.82) is 0 Å². The summed E-state index contributed by atoms with van der Waals surface area (Å²) in [6.07, 6.45) is 1.51. The summed E-state index contributed by atoms with van der Waals surface area (Å²) in [5.41, 5.74) is 1.66. The minimum atomic E-state index is -1.07. The second-order valence-corrected chi connectivity index (χ2v) is 4.93. The van der Waals surface area contributed by atoms with Crippen LogP contribution in [0.3, 0.4) is 0 Å². The topological polar surface area (TPSA) is 110 Å². The van der Waals surface area contributed by atoms with Gasteiger partial charge in [-0.25, -0.2) is 4.79 Å². The lowest BCUT2D eigenvalue weighted by Gasteiger charge is -2.00. The second kappa shape index (κ2) is 5.38. The van der Waals surface area contributed by atoms with Crippen molar-refractivity contribution in [3.63, 3.8) is 0 Å². The first-order chi connectivity index (χ1) is 11.0. The van der Waals surface area contributed by atoms with Gasteiger partial charge in [0.15, 0.2) is 0 Å². The number of aromatic carboxylic acids is 1. The molecule has 0 spiro atoms. The maximum Gasteiger partial charge on any atom is 0.335 e. The number of nitro benzene ring substituents is 1. The van der Waals surface area contributed by atoms with Gasteiger partial charge >= 0.3 is 5.97 Å². The average Bonchev–Trinajstić information content (AvgIpc) is 2.83. The molecule has 0 saturated carbocycles. The molecular weight excluding hydrogens is 300 g/mol. The highest BCUT2D eigenvalue weighted by Crippen LogP contribution is 2.35. The summed E-state index contributed by atoms with van der Waals surface area (Å²) in [6, 6.07) is 10.2. The number of benzene rings is 2. The highest BCUT2D eigenvalue weighted by molar-refractivity contribution is 6.35. The monoisotopic (exact) mass is 310 g/mol. The SMILES string of the molecule is O=C1Nc2ccc([N+](=O)[O-])cc2/C1=C/c1cccc(C(=O)O)c1. The van der Waals surface area contributed by atoms with Crippen molar-refractivity contribution in [3.8, 4) is 0 Å². The van der Waals surface area contributed by atoms with Crippen molar-refractivity contribution >= 4 is 34.9 Å². The molecular formula is C16H10N2O5. The number of anilines is 1. The summed E-state index contributed by atoms with van der Waals surface area (Å²) in [5.74, 6) is -1.46. The van der Waals surface area contributed by atoms with Crippen molar-refractivity contribution in [2.75, 3.05) is 5.32 Å². The van der Waals surface area contributed by atoms with Gasteiger partial charge in [-0.05, 0) is 29.8 Å². The normalized spacial score (nSPS) is 14.4. The third-order valence-electron chi connectivity index (χ3n) is 3.44. The fourth-order valence-corrected chi connectivity index (χ4v) is 2.36. The minimum Gasteiger partial charge on any atom is -0.478 e. The van der Waals surface area contributed by atoms with E-state index in [0.717, 1.165) is 0 Å². The van der Waals surface area contributed by atoms with E-state index in [2.05, 4.69) is 5.32 Å². The van der Waals surface area contributed by atoms with Crippen LogP contribution in [-0.2, 0) is 4.79 Å². The Labute approximate surface area is 130 Å². The molecule has 0 fully saturated rings. The lowest BCUT2D eigenvalue weighted by Crippen LogP contribution is -2.03. The minimum absolute atomic E-state index is 0.0945. The molecule has 0 saturated heterocycles. The molecule has 7 heteroatoms. The summed E-state index contributed by atoms with van der Waals surface area (Å²) < 4.78 is 0. The summed E-state index contributed by atoms with van der Waals surface area (Å²) in [4.78, 5) is 33.4. The number of nitrogens with zero attached hydrogens (tertiary/aromatic N) is 1. The van der Waals surface area contributed by atoms with E-state index in [1.165, 1.54) is 36.4 Å². The van der Waals surface area contributed by atoms with Gasteiger partial charge in [-0.1, -0.05) is 12.1 Å². The highest BCUT2D eigenvalue weighted by Gasteiger charge is 2.26. The number of amides is 1. The van der Waals surface area contributed by atoms with E-state index < -0.39 is 10.9 Å². The van der Waals surface area contributed by atoms with Gasteiger partial charge in [0.05, 0.1) is 10.5 Å². The quantitative estimate of drug-likeness (QED) is 0.514. The van der Waals surface area contributed by atoms with Crippen LogP contribution in [0.4, 0.5) is 11.4 Å². The van der Waals surface area contributed by atoms with Crippen LogP contribution in [0, 0.1) is 10.1 Å². The van der Waals surface area contributed by atoms with Crippen LogP contribution in [0.5, 0.6) is 0 Å². The second-order valence-electron chi connectivity index (χ2n) is 4.93. The van der Waals surface area contributed by atoms with Gasteiger partial charge in [0.1, 0.15) is 0 Å². The van der Waals surface area contributed by atoms with E-state index in [9.17, 15) is 19.7 Å². The van der Waals surface area contributed by atoms with Gasteiger partial charge in [0.2, 0.25) is 0 Å². The summed E-state index contributed by atoms with van der Waals surface area (Å²) in [7, 11) is 0. The van der Waals surface area contributed by atoms with Crippen LogP contribution in [0.1, 0.15) is 21.5 Å². The Morgan fingerprint density at radius 2 is 2.00 bits per heavy atom. The standard InChI is InChI=1S/C16H10N2O5/c19-15-13(7-9-2-1-3-10(6-9)16(20)21)12-8-11(18(22)23)4-5-14(12)17-15/h1-8H,(H,17,19)(H,20,21)/b13-7-. The van der Waals surface area contributed by atoms with E-state index >= 15 is 0 Å². The third kappa shape index (κ3) is 2.67. The van der Waals surface area contributed by atoms with Crippen LogP contribution in [0.15, 0.2) is 42.5 Å². The Morgan fingerprint density at radius 3 is 2.70 bits per heavy atom. The molecule has 1 aliphatic heterocycles.